The number of hydrogen-bond donors (Lipinski definition) is 2. The van der Waals surface area contributed by atoms with Crippen molar-refractivity contribution in [3.8, 4) is 11.5 Å². The molecule has 2 fully saturated rings. The van der Waals surface area contributed by atoms with Gasteiger partial charge in [-0.1, -0.05) is 0 Å². The Labute approximate surface area is 177 Å². The highest BCUT2D eigenvalue weighted by molar-refractivity contribution is 5.97. The minimum Gasteiger partial charge on any atom is -0.497 e. The highest BCUT2D eigenvalue weighted by Crippen LogP contribution is 2.26. The van der Waals surface area contributed by atoms with Crippen molar-refractivity contribution < 1.29 is 23.8 Å². The van der Waals surface area contributed by atoms with Crippen LogP contribution in [-0.2, 0) is 9.53 Å². The number of carbonyl (C=O) groups excluding carboxylic acids is 2. The average Bonchev–Trinajstić information content (AvgIpc) is 2.73. The van der Waals surface area contributed by atoms with E-state index in [-0.39, 0.29) is 42.4 Å². The molecular weight excluding hydrogens is 398 g/mol. The van der Waals surface area contributed by atoms with Gasteiger partial charge in [0.1, 0.15) is 17.5 Å². The fraction of sp³-hybridized carbons (Fsp3) is 0.600. The molecule has 162 valence electrons. The Morgan fingerprint density at radius 3 is 2.55 bits per heavy atom. The van der Waals surface area contributed by atoms with Gasteiger partial charge in [-0.2, -0.15) is 0 Å². The molecule has 2 aliphatic heterocycles. The van der Waals surface area contributed by atoms with E-state index in [0.717, 1.165) is 12.8 Å². The Bertz CT molecular complexity index is 709. The summed E-state index contributed by atoms with van der Waals surface area (Å²) in [5.41, 5.74) is 0.517. The van der Waals surface area contributed by atoms with Gasteiger partial charge in [0, 0.05) is 31.7 Å². The van der Waals surface area contributed by atoms with Crippen molar-refractivity contribution in [1.82, 2.24) is 15.5 Å². The Morgan fingerprint density at radius 2 is 1.93 bits per heavy atom. The molecule has 2 amide bonds. The third kappa shape index (κ3) is 5.52. The average molecular weight is 428 g/mol. The first-order valence-electron chi connectivity index (χ1n) is 9.70. The molecule has 9 heteroatoms. The predicted octanol–water partition coefficient (Wildman–Crippen LogP) is 1.22. The van der Waals surface area contributed by atoms with E-state index in [4.69, 9.17) is 14.2 Å². The molecule has 0 unspecified atom stereocenters. The Hall–Kier alpha value is -2.03. The van der Waals surface area contributed by atoms with Crippen LogP contribution in [0.3, 0.4) is 0 Å². The number of amides is 2. The van der Waals surface area contributed by atoms with Gasteiger partial charge in [-0.05, 0) is 31.9 Å². The van der Waals surface area contributed by atoms with Crippen molar-refractivity contribution in [1.29, 1.82) is 0 Å². The van der Waals surface area contributed by atoms with Crippen molar-refractivity contribution >= 4 is 24.2 Å². The minimum absolute atomic E-state index is 0. The number of morpholine rings is 1. The van der Waals surface area contributed by atoms with Crippen LogP contribution in [0.25, 0.3) is 0 Å². The molecule has 0 bridgehead atoms. The third-order valence-corrected chi connectivity index (χ3v) is 5.37. The zero-order valence-corrected chi connectivity index (χ0v) is 17.9. The second-order valence-corrected chi connectivity index (χ2v) is 7.15. The summed E-state index contributed by atoms with van der Waals surface area (Å²) in [7, 11) is 3.11. The molecule has 0 spiro atoms. The summed E-state index contributed by atoms with van der Waals surface area (Å²) in [5, 5.41) is 6.30. The van der Waals surface area contributed by atoms with E-state index >= 15 is 0 Å². The molecule has 8 nitrogen and oxygen atoms in total. The van der Waals surface area contributed by atoms with Gasteiger partial charge in [0.05, 0.1) is 32.5 Å². The molecular formula is C20H30ClN3O5. The van der Waals surface area contributed by atoms with Crippen LogP contribution in [0, 0.1) is 0 Å². The Morgan fingerprint density at radius 1 is 1.21 bits per heavy atom. The van der Waals surface area contributed by atoms with Crippen molar-refractivity contribution in [3.63, 3.8) is 0 Å². The van der Waals surface area contributed by atoms with Gasteiger partial charge in [-0.25, -0.2) is 0 Å². The Balaban J connectivity index is 0.00000300. The van der Waals surface area contributed by atoms with Crippen LogP contribution in [0.15, 0.2) is 18.2 Å². The molecule has 29 heavy (non-hydrogen) atoms. The van der Waals surface area contributed by atoms with Crippen LogP contribution in [0.1, 0.15) is 30.1 Å². The Kier molecular flexibility index (Phi) is 8.55. The normalized spacial score (nSPS) is 22.4. The molecule has 0 aromatic heterocycles. The first kappa shape index (κ1) is 23.3. The molecule has 3 rings (SSSR count). The highest BCUT2D eigenvalue weighted by Gasteiger charge is 2.31. The number of benzene rings is 1. The first-order chi connectivity index (χ1) is 13.5. The van der Waals surface area contributed by atoms with Gasteiger partial charge in [-0.15, -0.1) is 12.4 Å². The first-order valence-corrected chi connectivity index (χ1v) is 9.70. The number of halogens is 1. The zero-order chi connectivity index (χ0) is 20.1. The quantitative estimate of drug-likeness (QED) is 0.734. The summed E-state index contributed by atoms with van der Waals surface area (Å²) < 4.78 is 16.1. The van der Waals surface area contributed by atoms with Gasteiger partial charge >= 0.3 is 0 Å². The third-order valence-electron chi connectivity index (χ3n) is 5.37. The number of nitrogens with zero attached hydrogens (tertiary/aromatic N) is 1. The number of carbonyl (C=O) groups is 2. The maximum Gasteiger partial charge on any atom is 0.257 e. The summed E-state index contributed by atoms with van der Waals surface area (Å²) in [6.45, 7) is 4.38. The van der Waals surface area contributed by atoms with Crippen molar-refractivity contribution in [2.45, 2.75) is 38.0 Å². The number of rotatable bonds is 5. The molecule has 0 radical (unpaired) electrons. The molecule has 2 heterocycles. The maximum absolute atomic E-state index is 12.9. The smallest absolute Gasteiger partial charge is 0.257 e. The summed E-state index contributed by atoms with van der Waals surface area (Å²) in [5.74, 6) is 1.04. The highest BCUT2D eigenvalue weighted by atomic mass is 35.5. The lowest BCUT2D eigenvalue weighted by Crippen LogP contribution is -2.58. The topological polar surface area (TPSA) is 89.1 Å². The fourth-order valence-corrected chi connectivity index (χ4v) is 3.69. The predicted molar refractivity (Wildman–Crippen MR) is 111 cm³/mol. The number of likely N-dealkylation sites (tertiary alicyclic amines) is 1. The standard InChI is InChI=1S/C20H29N3O5.ClH/c1-13-18(21-8-11-28-13)19(24)22-14-6-9-23(10-7-14)20(25)16-5-4-15(26-2)12-17(16)27-3;/h4-5,12-14,18,21H,6-11H2,1-3H3,(H,22,24);1H/t13-,18+;/m1./s1. The number of piperidine rings is 1. The molecule has 2 N–H and O–H groups in total. The number of nitrogens with one attached hydrogen (secondary N) is 2. The van der Waals surface area contributed by atoms with E-state index in [1.165, 1.54) is 7.11 Å². The second kappa shape index (κ2) is 10.7. The SMILES string of the molecule is COc1ccc(C(=O)N2CCC(NC(=O)[C@H]3NCCO[C@@H]3C)CC2)c(OC)c1.Cl. The number of hydrogen-bond acceptors (Lipinski definition) is 6. The summed E-state index contributed by atoms with van der Waals surface area (Å²) in [6.07, 6.45) is 1.30. The lowest BCUT2D eigenvalue weighted by molar-refractivity contribution is -0.129. The van der Waals surface area contributed by atoms with E-state index < -0.39 is 0 Å². The van der Waals surface area contributed by atoms with Gasteiger partial charge < -0.3 is 29.7 Å². The number of ether oxygens (including phenoxy) is 3. The van der Waals surface area contributed by atoms with Crippen molar-refractivity contribution in [3.05, 3.63) is 23.8 Å². The second-order valence-electron chi connectivity index (χ2n) is 7.15. The lowest BCUT2D eigenvalue weighted by atomic mass is 10.0. The minimum atomic E-state index is -0.322. The molecule has 2 atom stereocenters. The van der Waals surface area contributed by atoms with Crippen LogP contribution >= 0.6 is 12.4 Å². The van der Waals surface area contributed by atoms with E-state index in [2.05, 4.69) is 10.6 Å². The van der Waals surface area contributed by atoms with Gasteiger partial charge in [0.25, 0.3) is 5.91 Å². The monoisotopic (exact) mass is 427 g/mol. The summed E-state index contributed by atoms with van der Waals surface area (Å²) in [6, 6.07) is 4.93. The van der Waals surface area contributed by atoms with Crippen molar-refractivity contribution in [2.75, 3.05) is 40.5 Å². The van der Waals surface area contributed by atoms with Crippen LogP contribution in [0.4, 0.5) is 0 Å². The van der Waals surface area contributed by atoms with Crippen LogP contribution in [0.2, 0.25) is 0 Å². The molecule has 0 saturated carbocycles. The van der Waals surface area contributed by atoms with Gasteiger partial charge in [-0.3, -0.25) is 9.59 Å². The van der Waals surface area contributed by atoms with E-state index in [9.17, 15) is 9.59 Å². The zero-order valence-electron chi connectivity index (χ0n) is 17.1. The maximum atomic E-state index is 12.9. The van der Waals surface area contributed by atoms with Crippen LogP contribution < -0.4 is 20.1 Å². The van der Waals surface area contributed by atoms with Gasteiger partial charge in [0.2, 0.25) is 5.91 Å². The summed E-state index contributed by atoms with van der Waals surface area (Å²) in [4.78, 5) is 27.2. The summed E-state index contributed by atoms with van der Waals surface area (Å²) >= 11 is 0. The molecule has 2 aliphatic rings. The van der Waals surface area contributed by atoms with Crippen LogP contribution in [-0.4, -0.2) is 75.4 Å². The van der Waals surface area contributed by atoms with E-state index in [1.54, 1.807) is 30.2 Å². The number of methoxy groups -OCH3 is 2. The molecule has 0 aliphatic carbocycles. The van der Waals surface area contributed by atoms with Gasteiger partial charge in [0.15, 0.2) is 0 Å². The largest absolute Gasteiger partial charge is 0.497 e. The van der Waals surface area contributed by atoms with E-state index in [1.807, 2.05) is 6.92 Å². The van der Waals surface area contributed by atoms with Crippen molar-refractivity contribution in [2.24, 2.45) is 0 Å². The fourth-order valence-electron chi connectivity index (χ4n) is 3.69. The molecule has 1 aromatic carbocycles. The lowest BCUT2D eigenvalue weighted by Gasteiger charge is -2.35. The van der Waals surface area contributed by atoms with E-state index in [0.29, 0.717) is 43.3 Å². The molecule has 2 saturated heterocycles. The molecule has 1 aromatic rings. The van der Waals surface area contributed by atoms with Crippen LogP contribution in [0.5, 0.6) is 11.5 Å².